The minimum absolute atomic E-state index is 0.151. The van der Waals surface area contributed by atoms with Gasteiger partial charge < -0.3 is 19.5 Å². The molecule has 2 aromatic heterocycles. The summed E-state index contributed by atoms with van der Waals surface area (Å²) in [5.41, 5.74) is 3.09. The van der Waals surface area contributed by atoms with Gasteiger partial charge in [0.25, 0.3) is 0 Å². The van der Waals surface area contributed by atoms with Crippen LogP contribution >= 0.6 is 12.2 Å². The maximum absolute atomic E-state index is 11.7. The standard InChI is InChI=1S/C21H23N5O3S2/c1-25-11-9-14(13-25)20-19(17-6-4-5-10-22-17)23-21(30)26(20)15-7-8-16(18(12-15)29-2)24-31(3,27)28/h4-13,19-20,24H,1-3H3,(H,23,30)/t19-,20+/m1/s1. The van der Waals surface area contributed by atoms with Crippen LogP contribution in [0.15, 0.2) is 61.1 Å². The van der Waals surface area contributed by atoms with Crippen molar-refractivity contribution in [2.24, 2.45) is 7.05 Å². The molecule has 8 nitrogen and oxygen atoms in total. The monoisotopic (exact) mass is 457 g/mol. The zero-order valence-corrected chi connectivity index (χ0v) is 18.9. The number of sulfonamides is 1. The molecule has 162 valence electrons. The van der Waals surface area contributed by atoms with Crippen molar-refractivity contribution in [3.8, 4) is 5.75 Å². The van der Waals surface area contributed by atoms with Gasteiger partial charge in [-0.1, -0.05) is 6.07 Å². The zero-order valence-electron chi connectivity index (χ0n) is 17.3. The summed E-state index contributed by atoms with van der Waals surface area (Å²) in [5.74, 6) is 0.402. The number of methoxy groups -OCH3 is 1. The lowest BCUT2D eigenvalue weighted by Crippen LogP contribution is -2.29. The summed E-state index contributed by atoms with van der Waals surface area (Å²) >= 11 is 5.71. The number of thiocarbonyl (C=S) groups is 1. The van der Waals surface area contributed by atoms with Gasteiger partial charge in [0.15, 0.2) is 5.11 Å². The summed E-state index contributed by atoms with van der Waals surface area (Å²) in [5, 5.41) is 3.95. The van der Waals surface area contributed by atoms with Crippen molar-refractivity contribution < 1.29 is 13.2 Å². The number of ether oxygens (including phenoxy) is 1. The average Bonchev–Trinajstić information content (AvgIpc) is 3.30. The molecule has 1 aliphatic heterocycles. The summed E-state index contributed by atoms with van der Waals surface area (Å²) in [6, 6.07) is 12.8. The number of aryl methyl sites for hydroxylation is 1. The van der Waals surface area contributed by atoms with Crippen molar-refractivity contribution >= 4 is 38.7 Å². The van der Waals surface area contributed by atoms with E-state index in [-0.39, 0.29) is 12.1 Å². The van der Waals surface area contributed by atoms with Gasteiger partial charge in [-0.15, -0.1) is 0 Å². The first-order valence-electron chi connectivity index (χ1n) is 9.55. The summed E-state index contributed by atoms with van der Waals surface area (Å²) in [6.07, 6.45) is 6.91. The highest BCUT2D eigenvalue weighted by molar-refractivity contribution is 7.92. The zero-order chi connectivity index (χ0) is 22.2. The first kappa shape index (κ1) is 21.1. The Labute approximate surface area is 186 Å². The molecule has 10 heteroatoms. The lowest BCUT2D eigenvalue weighted by molar-refractivity contribution is 0.417. The molecular weight excluding hydrogens is 434 g/mol. The van der Waals surface area contributed by atoms with Crippen molar-refractivity contribution in [2.75, 3.05) is 23.0 Å². The molecule has 1 aliphatic rings. The van der Waals surface area contributed by atoms with Gasteiger partial charge in [0.1, 0.15) is 5.75 Å². The Balaban J connectivity index is 1.79. The number of rotatable bonds is 6. The Morgan fingerprint density at radius 3 is 2.65 bits per heavy atom. The number of pyridine rings is 1. The molecule has 3 heterocycles. The van der Waals surface area contributed by atoms with Gasteiger partial charge in [-0.25, -0.2) is 8.42 Å². The van der Waals surface area contributed by atoms with Gasteiger partial charge in [0, 0.05) is 37.4 Å². The first-order valence-corrected chi connectivity index (χ1v) is 11.8. The van der Waals surface area contributed by atoms with Gasteiger partial charge in [0.2, 0.25) is 10.0 Å². The minimum Gasteiger partial charge on any atom is -0.494 e. The number of hydrogen-bond donors (Lipinski definition) is 2. The highest BCUT2D eigenvalue weighted by Gasteiger charge is 2.41. The number of anilines is 2. The van der Waals surface area contributed by atoms with E-state index in [1.165, 1.54) is 7.11 Å². The molecule has 3 aromatic rings. The molecule has 0 radical (unpaired) electrons. The highest BCUT2D eigenvalue weighted by atomic mass is 32.2. The van der Waals surface area contributed by atoms with E-state index in [4.69, 9.17) is 17.0 Å². The fourth-order valence-corrected chi connectivity index (χ4v) is 4.70. The van der Waals surface area contributed by atoms with Crippen LogP contribution < -0.4 is 19.7 Å². The predicted molar refractivity (Wildman–Crippen MR) is 125 cm³/mol. The molecule has 2 atom stereocenters. The van der Waals surface area contributed by atoms with Crippen LogP contribution in [0.25, 0.3) is 0 Å². The average molecular weight is 458 g/mol. The second-order valence-electron chi connectivity index (χ2n) is 7.37. The molecule has 0 saturated carbocycles. The Morgan fingerprint density at radius 2 is 2.03 bits per heavy atom. The van der Waals surface area contributed by atoms with Gasteiger partial charge in [-0.05, 0) is 48.1 Å². The number of nitrogens with zero attached hydrogens (tertiary/aromatic N) is 3. The third-order valence-electron chi connectivity index (χ3n) is 5.05. The van der Waals surface area contributed by atoms with Crippen LogP contribution in [0.2, 0.25) is 0 Å². The van der Waals surface area contributed by atoms with Gasteiger partial charge in [-0.3, -0.25) is 9.71 Å². The predicted octanol–water partition coefficient (Wildman–Crippen LogP) is 2.98. The van der Waals surface area contributed by atoms with E-state index in [1.807, 2.05) is 47.0 Å². The second-order valence-corrected chi connectivity index (χ2v) is 9.50. The molecular formula is C21H23N5O3S2. The smallest absolute Gasteiger partial charge is 0.229 e. The number of aromatic nitrogens is 2. The number of hydrogen-bond acceptors (Lipinski definition) is 5. The SMILES string of the molecule is COc1cc(N2C(=S)N[C@H](c3ccccn3)[C@@H]2c2ccn(C)c2)ccc1NS(C)(=O)=O. The quantitative estimate of drug-likeness (QED) is 0.550. The molecule has 1 saturated heterocycles. The van der Waals surface area contributed by atoms with E-state index in [9.17, 15) is 8.42 Å². The number of nitrogens with one attached hydrogen (secondary N) is 2. The fraction of sp³-hybridized carbons (Fsp3) is 0.238. The van der Waals surface area contributed by atoms with Crippen molar-refractivity contribution in [1.82, 2.24) is 14.9 Å². The Bertz CT molecular complexity index is 1210. The molecule has 0 bridgehead atoms. The van der Waals surface area contributed by atoms with E-state index in [0.717, 1.165) is 23.2 Å². The van der Waals surface area contributed by atoms with Crippen LogP contribution in [0.4, 0.5) is 11.4 Å². The molecule has 0 aliphatic carbocycles. The Morgan fingerprint density at radius 1 is 1.23 bits per heavy atom. The summed E-state index contributed by atoms with van der Waals surface area (Å²) in [4.78, 5) is 6.55. The lowest BCUT2D eigenvalue weighted by Gasteiger charge is -2.28. The minimum atomic E-state index is -3.44. The molecule has 0 spiro atoms. The largest absolute Gasteiger partial charge is 0.494 e. The highest BCUT2D eigenvalue weighted by Crippen LogP contribution is 2.43. The molecule has 2 N–H and O–H groups in total. The molecule has 31 heavy (non-hydrogen) atoms. The third kappa shape index (κ3) is 4.35. The third-order valence-corrected chi connectivity index (χ3v) is 5.96. The lowest BCUT2D eigenvalue weighted by atomic mass is 9.98. The van der Waals surface area contributed by atoms with Crippen molar-refractivity contribution in [1.29, 1.82) is 0 Å². The molecule has 0 unspecified atom stereocenters. The Kier molecular flexibility index (Phi) is 5.59. The normalized spacial score (nSPS) is 18.7. The van der Waals surface area contributed by atoms with Gasteiger partial charge in [-0.2, -0.15) is 0 Å². The summed E-state index contributed by atoms with van der Waals surface area (Å²) in [6.45, 7) is 0. The van der Waals surface area contributed by atoms with E-state index >= 15 is 0 Å². The van der Waals surface area contributed by atoms with Crippen LogP contribution in [0.1, 0.15) is 23.3 Å². The van der Waals surface area contributed by atoms with E-state index in [2.05, 4.69) is 27.3 Å². The molecule has 0 amide bonds. The van der Waals surface area contributed by atoms with Crippen molar-refractivity contribution in [2.45, 2.75) is 12.1 Å². The van der Waals surface area contributed by atoms with Crippen LogP contribution in [0.5, 0.6) is 5.75 Å². The first-order chi connectivity index (χ1) is 14.8. The van der Waals surface area contributed by atoms with E-state index in [0.29, 0.717) is 16.5 Å². The number of benzene rings is 1. The van der Waals surface area contributed by atoms with Crippen molar-refractivity contribution in [3.05, 3.63) is 72.3 Å². The van der Waals surface area contributed by atoms with Crippen LogP contribution in [-0.4, -0.2) is 36.4 Å². The molecule has 1 fully saturated rings. The van der Waals surface area contributed by atoms with E-state index in [1.54, 1.807) is 18.3 Å². The second kappa shape index (κ2) is 8.20. The van der Waals surface area contributed by atoms with Gasteiger partial charge >= 0.3 is 0 Å². The molecule has 4 rings (SSSR count). The maximum atomic E-state index is 11.7. The van der Waals surface area contributed by atoms with Crippen molar-refractivity contribution in [3.63, 3.8) is 0 Å². The van der Waals surface area contributed by atoms with Crippen LogP contribution in [0, 0.1) is 0 Å². The summed E-state index contributed by atoms with van der Waals surface area (Å²) < 4.78 is 33.3. The molecule has 1 aromatic carbocycles. The van der Waals surface area contributed by atoms with Crippen LogP contribution in [0.3, 0.4) is 0 Å². The topological polar surface area (TPSA) is 88.5 Å². The Hall–Kier alpha value is -3.11. The van der Waals surface area contributed by atoms with E-state index < -0.39 is 10.0 Å². The maximum Gasteiger partial charge on any atom is 0.229 e. The van der Waals surface area contributed by atoms with Gasteiger partial charge in [0.05, 0.1) is 36.8 Å². The fourth-order valence-electron chi connectivity index (χ4n) is 3.79. The van der Waals surface area contributed by atoms with Crippen LogP contribution in [-0.2, 0) is 17.1 Å². The summed E-state index contributed by atoms with van der Waals surface area (Å²) in [7, 11) is 0.0288.